The Morgan fingerprint density at radius 2 is 2.12 bits per heavy atom. The molecule has 3 nitrogen and oxygen atoms in total. The summed E-state index contributed by atoms with van der Waals surface area (Å²) in [5.41, 5.74) is 0. The first-order valence-corrected chi connectivity index (χ1v) is 6.75. The number of para-hydroxylation sites is 1. The molecule has 0 radical (unpaired) electrons. The molecule has 0 aliphatic rings. The van der Waals surface area contributed by atoms with Crippen molar-refractivity contribution in [1.82, 2.24) is 5.32 Å². The molecule has 1 aromatic rings. The lowest BCUT2D eigenvalue weighted by Crippen LogP contribution is -2.32. The summed E-state index contributed by atoms with van der Waals surface area (Å²) in [5, 5.41) is 2.85. The number of benzene rings is 1. The molecule has 1 aromatic carbocycles. The number of rotatable bonds is 7. The van der Waals surface area contributed by atoms with Crippen molar-refractivity contribution in [2.45, 2.75) is 24.6 Å². The van der Waals surface area contributed by atoms with Gasteiger partial charge >= 0.3 is 0 Å². The number of carbonyl (C=O) groups excluding carboxylic acids is 1. The van der Waals surface area contributed by atoms with Gasteiger partial charge in [0.05, 0.1) is 11.4 Å². The van der Waals surface area contributed by atoms with Gasteiger partial charge in [0, 0.05) is 6.54 Å². The van der Waals surface area contributed by atoms with Crippen molar-refractivity contribution >= 4 is 21.8 Å². The third kappa shape index (κ3) is 5.73. The van der Waals surface area contributed by atoms with Crippen LogP contribution in [0.3, 0.4) is 0 Å². The third-order valence-electron chi connectivity index (χ3n) is 2.28. The maximum Gasteiger partial charge on any atom is 0.233 e. The Morgan fingerprint density at radius 1 is 1.41 bits per heavy atom. The van der Waals surface area contributed by atoms with Crippen LogP contribution in [0.4, 0.5) is 0 Å². The number of nitrogens with one attached hydrogen (secondary N) is 1. The van der Waals surface area contributed by atoms with Crippen molar-refractivity contribution in [2.75, 3.05) is 13.2 Å². The third-order valence-corrected chi connectivity index (χ3v) is 3.34. The molecule has 0 spiro atoms. The largest absolute Gasteiger partial charge is 0.494 e. The van der Waals surface area contributed by atoms with Crippen LogP contribution in [0.1, 0.15) is 19.8 Å². The molecule has 0 aliphatic heterocycles. The van der Waals surface area contributed by atoms with Gasteiger partial charge in [-0.25, -0.2) is 0 Å². The average molecular weight is 300 g/mol. The number of alkyl halides is 1. The quantitative estimate of drug-likeness (QED) is 0.621. The molecule has 0 fully saturated rings. The lowest BCUT2D eigenvalue weighted by atomic mass is 10.3. The normalized spacial score (nSPS) is 11.9. The summed E-state index contributed by atoms with van der Waals surface area (Å²) in [5.74, 6) is 0.915. The number of ether oxygens (including phenoxy) is 1. The average Bonchev–Trinajstić information content (AvgIpc) is 2.38. The number of hydrogen-bond donors (Lipinski definition) is 1. The Bertz CT molecular complexity index is 329. The molecule has 0 bridgehead atoms. The fourth-order valence-electron chi connectivity index (χ4n) is 1.29. The standard InChI is InChI=1S/C13H18BrNO2/c1-2-12(14)13(16)15-9-6-10-17-11-7-4-3-5-8-11/h3-5,7-8,12H,2,6,9-10H2,1H3,(H,15,16). The second kappa shape index (κ2) is 8.12. The van der Waals surface area contributed by atoms with Crippen LogP contribution in [0.2, 0.25) is 0 Å². The van der Waals surface area contributed by atoms with Crippen LogP contribution in [-0.2, 0) is 4.79 Å². The van der Waals surface area contributed by atoms with Gasteiger partial charge in [0.2, 0.25) is 5.91 Å². The molecule has 1 rings (SSSR count). The highest BCUT2D eigenvalue weighted by Gasteiger charge is 2.10. The van der Waals surface area contributed by atoms with E-state index in [0.717, 1.165) is 18.6 Å². The monoisotopic (exact) mass is 299 g/mol. The summed E-state index contributed by atoms with van der Waals surface area (Å²) in [6.07, 6.45) is 1.61. The maximum atomic E-state index is 11.4. The molecule has 94 valence electrons. The van der Waals surface area contributed by atoms with E-state index in [4.69, 9.17) is 4.74 Å². The van der Waals surface area contributed by atoms with Gasteiger partial charge in [-0.3, -0.25) is 4.79 Å². The number of carbonyl (C=O) groups is 1. The van der Waals surface area contributed by atoms with E-state index in [1.165, 1.54) is 0 Å². The lowest BCUT2D eigenvalue weighted by molar-refractivity contribution is -0.120. The zero-order valence-corrected chi connectivity index (χ0v) is 11.6. The highest BCUT2D eigenvalue weighted by molar-refractivity contribution is 9.10. The van der Waals surface area contributed by atoms with E-state index in [1.807, 2.05) is 37.3 Å². The van der Waals surface area contributed by atoms with E-state index >= 15 is 0 Å². The molecule has 0 heterocycles. The second-order valence-corrected chi connectivity index (χ2v) is 4.79. The molecule has 0 saturated heterocycles. The van der Waals surface area contributed by atoms with E-state index in [9.17, 15) is 4.79 Å². The van der Waals surface area contributed by atoms with Crippen LogP contribution < -0.4 is 10.1 Å². The van der Waals surface area contributed by atoms with Crippen molar-refractivity contribution in [2.24, 2.45) is 0 Å². The number of hydrogen-bond acceptors (Lipinski definition) is 2. The zero-order valence-electron chi connectivity index (χ0n) is 9.99. The van der Waals surface area contributed by atoms with Crippen LogP contribution >= 0.6 is 15.9 Å². The molecular formula is C13H18BrNO2. The van der Waals surface area contributed by atoms with Gasteiger partial charge in [0.15, 0.2) is 0 Å². The minimum atomic E-state index is -0.0856. The van der Waals surface area contributed by atoms with Gasteiger partial charge in [-0.05, 0) is 25.0 Å². The van der Waals surface area contributed by atoms with E-state index in [1.54, 1.807) is 0 Å². The molecule has 4 heteroatoms. The smallest absolute Gasteiger partial charge is 0.233 e. The van der Waals surface area contributed by atoms with Gasteiger partial charge in [0.25, 0.3) is 0 Å². The molecular weight excluding hydrogens is 282 g/mol. The summed E-state index contributed by atoms with van der Waals surface area (Å²) in [4.78, 5) is 11.3. The topological polar surface area (TPSA) is 38.3 Å². The van der Waals surface area contributed by atoms with Crippen molar-refractivity contribution in [3.63, 3.8) is 0 Å². The van der Waals surface area contributed by atoms with Crippen molar-refractivity contribution in [3.8, 4) is 5.75 Å². The highest BCUT2D eigenvalue weighted by Crippen LogP contribution is 2.08. The Kier molecular flexibility index (Phi) is 6.70. The molecule has 0 aliphatic carbocycles. The van der Waals surface area contributed by atoms with E-state index in [2.05, 4.69) is 21.2 Å². The molecule has 1 atom stereocenters. The molecule has 1 N–H and O–H groups in total. The molecule has 17 heavy (non-hydrogen) atoms. The fourth-order valence-corrected chi connectivity index (χ4v) is 1.45. The minimum Gasteiger partial charge on any atom is -0.494 e. The number of amides is 1. The highest BCUT2D eigenvalue weighted by atomic mass is 79.9. The SMILES string of the molecule is CCC(Br)C(=O)NCCCOc1ccccc1. The Morgan fingerprint density at radius 3 is 2.76 bits per heavy atom. The first-order valence-electron chi connectivity index (χ1n) is 5.83. The van der Waals surface area contributed by atoms with Crippen molar-refractivity contribution in [1.29, 1.82) is 0 Å². The van der Waals surface area contributed by atoms with Gasteiger partial charge < -0.3 is 10.1 Å². The summed E-state index contributed by atoms with van der Waals surface area (Å²) in [7, 11) is 0. The Labute approximate surface area is 111 Å². The van der Waals surface area contributed by atoms with Gasteiger partial charge in [-0.1, -0.05) is 41.1 Å². The molecule has 1 amide bonds. The van der Waals surface area contributed by atoms with Crippen molar-refractivity contribution in [3.05, 3.63) is 30.3 Å². The van der Waals surface area contributed by atoms with E-state index in [-0.39, 0.29) is 10.7 Å². The lowest BCUT2D eigenvalue weighted by Gasteiger charge is -2.09. The van der Waals surface area contributed by atoms with Crippen LogP contribution in [0, 0.1) is 0 Å². The predicted molar refractivity (Wildman–Crippen MR) is 72.6 cm³/mol. The maximum absolute atomic E-state index is 11.4. The molecule has 0 aromatic heterocycles. The number of halogens is 1. The van der Waals surface area contributed by atoms with Crippen molar-refractivity contribution < 1.29 is 9.53 Å². The van der Waals surface area contributed by atoms with E-state index in [0.29, 0.717) is 13.2 Å². The van der Waals surface area contributed by atoms with Gasteiger partial charge in [-0.2, -0.15) is 0 Å². The van der Waals surface area contributed by atoms with Crippen LogP contribution in [-0.4, -0.2) is 23.9 Å². The molecule has 0 saturated carbocycles. The predicted octanol–water partition coefficient (Wildman–Crippen LogP) is 2.75. The van der Waals surface area contributed by atoms with Gasteiger partial charge in [-0.15, -0.1) is 0 Å². The van der Waals surface area contributed by atoms with Crippen LogP contribution in [0.15, 0.2) is 30.3 Å². The van der Waals surface area contributed by atoms with E-state index < -0.39 is 0 Å². The Balaban J connectivity index is 2.07. The minimum absolute atomic E-state index is 0.0483. The first-order chi connectivity index (χ1) is 8.24. The second-order valence-electron chi connectivity index (χ2n) is 3.68. The zero-order chi connectivity index (χ0) is 12.5. The Hall–Kier alpha value is -1.03. The van der Waals surface area contributed by atoms with Crippen LogP contribution in [0.5, 0.6) is 5.75 Å². The van der Waals surface area contributed by atoms with Crippen LogP contribution in [0.25, 0.3) is 0 Å². The fraction of sp³-hybridized carbons (Fsp3) is 0.462. The molecule has 1 unspecified atom stereocenters. The van der Waals surface area contributed by atoms with Gasteiger partial charge in [0.1, 0.15) is 5.75 Å². The first kappa shape index (κ1) is 14.0. The summed E-state index contributed by atoms with van der Waals surface area (Å²) < 4.78 is 5.51. The summed E-state index contributed by atoms with van der Waals surface area (Å²) in [6.45, 7) is 3.23. The summed E-state index contributed by atoms with van der Waals surface area (Å²) >= 11 is 3.30. The summed E-state index contributed by atoms with van der Waals surface area (Å²) in [6, 6.07) is 9.67.